The van der Waals surface area contributed by atoms with Crippen molar-refractivity contribution in [2.75, 3.05) is 7.11 Å². The molecule has 0 aliphatic heterocycles. The second-order valence-electron chi connectivity index (χ2n) is 4.86. The van der Waals surface area contributed by atoms with Crippen molar-refractivity contribution in [3.05, 3.63) is 54.2 Å². The van der Waals surface area contributed by atoms with E-state index in [0.29, 0.717) is 22.2 Å². The molecular weight excluding hydrogens is 325 g/mol. The predicted octanol–water partition coefficient (Wildman–Crippen LogP) is 3.71. The van der Waals surface area contributed by atoms with Crippen molar-refractivity contribution in [3.8, 4) is 11.4 Å². The summed E-state index contributed by atoms with van der Waals surface area (Å²) in [5.74, 6) is -0.769. The third kappa shape index (κ3) is 3.17. The summed E-state index contributed by atoms with van der Waals surface area (Å²) in [4.78, 5) is 11.5. The highest BCUT2D eigenvalue weighted by Crippen LogP contribution is 2.25. The molecule has 5 nitrogen and oxygen atoms in total. The molecule has 0 fully saturated rings. The van der Waals surface area contributed by atoms with E-state index in [1.165, 1.54) is 31.4 Å². The number of hydrogen-bond donors (Lipinski definition) is 0. The van der Waals surface area contributed by atoms with E-state index in [1.807, 2.05) is 0 Å². The largest absolute Gasteiger partial charge is 0.573 e. The monoisotopic (exact) mass is 336 g/mol. The topological polar surface area (TPSA) is 53.3 Å². The number of nitrogens with zero attached hydrogens (tertiary/aromatic N) is 2. The van der Waals surface area contributed by atoms with Crippen molar-refractivity contribution in [2.45, 2.75) is 6.36 Å². The number of benzene rings is 2. The van der Waals surface area contributed by atoms with Gasteiger partial charge in [0.2, 0.25) is 0 Å². The van der Waals surface area contributed by atoms with Crippen LogP contribution in [0.15, 0.2) is 48.7 Å². The molecule has 0 aliphatic rings. The van der Waals surface area contributed by atoms with Gasteiger partial charge in [-0.1, -0.05) is 0 Å². The highest BCUT2D eigenvalue weighted by atomic mass is 19.4. The Morgan fingerprint density at radius 1 is 1.12 bits per heavy atom. The van der Waals surface area contributed by atoms with Crippen LogP contribution in [0.1, 0.15) is 10.4 Å². The fourth-order valence-corrected chi connectivity index (χ4v) is 2.27. The van der Waals surface area contributed by atoms with Crippen LogP contribution in [0, 0.1) is 0 Å². The van der Waals surface area contributed by atoms with Crippen LogP contribution in [0.2, 0.25) is 0 Å². The Bertz CT molecular complexity index is 886. The third-order valence-electron chi connectivity index (χ3n) is 3.30. The molecule has 1 heterocycles. The zero-order chi connectivity index (χ0) is 17.3. The smallest absolute Gasteiger partial charge is 0.465 e. The Hall–Kier alpha value is -3.03. The number of esters is 1. The maximum Gasteiger partial charge on any atom is 0.573 e. The van der Waals surface area contributed by atoms with E-state index in [9.17, 15) is 18.0 Å². The van der Waals surface area contributed by atoms with Gasteiger partial charge in [-0.2, -0.15) is 5.10 Å². The lowest BCUT2D eigenvalue weighted by atomic mass is 10.1. The van der Waals surface area contributed by atoms with Crippen molar-refractivity contribution >= 4 is 16.9 Å². The van der Waals surface area contributed by atoms with E-state index in [0.717, 1.165) is 0 Å². The van der Waals surface area contributed by atoms with E-state index in [4.69, 9.17) is 0 Å². The van der Waals surface area contributed by atoms with Gasteiger partial charge in [-0.05, 0) is 42.5 Å². The number of halogens is 3. The van der Waals surface area contributed by atoms with E-state index in [2.05, 4.69) is 14.6 Å². The third-order valence-corrected chi connectivity index (χ3v) is 3.30. The number of hydrogen-bond acceptors (Lipinski definition) is 4. The molecule has 0 amide bonds. The van der Waals surface area contributed by atoms with Crippen LogP contribution in [-0.2, 0) is 4.74 Å². The first-order chi connectivity index (χ1) is 11.4. The van der Waals surface area contributed by atoms with Crippen molar-refractivity contribution in [1.82, 2.24) is 9.78 Å². The molecular formula is C16H11F3N2O3. The van der Waals surface area contributed by atoms with Gasteiger partial charge in [0.05, 0.1) is 30.1 Å². The number of alkyl halides is 3. The summed E-state index contributed by atoms with van der Waals surface area (Å²) in [5, 5.41) is 4.90. The van der Waals surface area contributed by atoms with Crippen molar-refractivity contribution in [1.29, 1.82) is 0 Å². The Morgan fingerprint density at radius 2 is 1.83 bits per heavy atom. The van der Waals surface area contributed by atoms with Gasteiger partial charge in [0, 0.05) is 5.39 Å². The maximum absolute atomic E-state index is 12.2. The Balaban J connectivity index is 1.93. The van der Waals surface area contributed by atoms with E-state index in [-0.39, 0.29) is 5.75 Å². The van der Waals surface area contributed by atoms with Gasteiger partial charge in [-0.15, -0.1) is 13.2 Å². The summed E-state index contributed by atoms with van der Waals surface area (Å²) in [6, 6.07) is 10.2. The fraction of sp³-hybridized carbons (Fsp3) is 0.125. The SMILES string of the molecule is COC(=O)c1ccc2c(cnn2-c2ccc(OC(F)(F)F)cc2)c1. The summed E-state index contributed by atoms with van der Waals surface area (Å²) in [6.07, 6.45) is -3.17. The van der Waals surface area contributed by atoms with Gasteiger partial charge in [0.1, 0.15) is 5.75 Å². The number of methoxy groups -OCH3 is 1. The molecule has 0 saturated carbocycles. The lowest BCUT2D eigenvalue weighted by Crippen LogP contribution is -2.17. The molecule has 0 saturated heterocycles. The van der Waals surface area contributed by atoms with Gasteiger partial charge in [0.25, 0.3) is 0 Å². The second-order valence-corrected chi connectivity index (χ2v) is 4.86. The van der Waals surface area contributed by atoms with Crippen molar-refractivity contribution in [3.63, 3.8) is 0 Å². The second kappa shape index (κ2) is 5.88. The summed E-state index contributed by atoms with van der Waals surface area (Å²) < 4.78 is 46.6. The van der Waals surface area contributed by atoms with Gasteiger partial charge in [-0.25, -0.2) is 9.48 Å². The molecule has 0 radical (unpaired) electrons. The molecule has 0 spiro atoms. The lowest BCUT2D eigenvalue weighted by Gasteiger charge is -2.09. The molecule has 8 heteroatoms. The van der Waals surface area contributed by atoms with Crippen LogP contribution < -0.4 is 4.74 Å². The highest BCUT2D eigenvalue weighted by molar-refractivity contribution is 5.94. The number of carbonyl (C=O) groups excluding carboxylic acids is 1. The molecule has 1 aromatic heterocycles. The lowest BCUT2D eigenvalue weighted by molar-refractivity contribution is -0.274. The molecule has 3 rings (SSSR count). The average Bonchev–Trinajstić information content (AvgIpc) is 2.96. The molecule has 2 aromatic carbocycles. The maximum atomic E-state index is 12.2. The van der Waals surface area contributed by atoms with Gasteiger partial charge < -0.3 is 9.47 Å². The zero-order valence-electron chi connectivity index (χ0n) is 12.4. The van der Waals surface area contributed by atoms with Crippen LogP contribution >= 0.6 is 0 Å². The standard InChI is InChI=1S/C16H11F3N2O3/c1-23-15(22)10-2-7-14-11(8-10)9-20-21(14)12-3-5-13(6-4-12)24-16(17,18)19/h2-9H,1H3. The Kier molecular flexibility index (Phi) is 3.88. The molecule has 0 bridgehead atoms. The summed E-state index contributed by atoms with van der Waals surface area (Å²) in [5.41, 5.74) is 1.65. The summed E-state index contributed by atoms with van der Waals surface area (Å²) in [7, 11) is 1.29. The molecule has 0 N–H and O–H groups in total. The van der Waals surface area contributed by atoms with Crippen LogP contribution in [0.4, 0.5) is 13.2 Å². The molecule has 24 heavy (non-hydrogen) atoms. The van der Waals surface area contributed by atoms with E-state index in [1.54, 1.807) is 29.1 Å². The van der Waals surface area contributed by atoms with Crippen LogP contribution in [-0.4, -0.2) is 29.2 Å². The number of rotatable bonds is 3. The quantitative estimate of drug-likeness (QED) is 0.684. The minimum absolute atomic E-state index is 0.310. The van der Waals surface area contributed by atoms with Crippen molar-refractivity contribution < 1.29 is 27.4 Å². The van der Waals surface area contributed by atoms with Gasteiger partial charge >= 0.3 is 12.3 Å². The zero-order valence-corrected chi connectivity index (χ0v) is 12.4. The first kappa shape index (κ1) is 15.9. The molecule has 0 aliphatic carbocycles. The molecule has 124 valence electrons. The van der Waals surface area contributed by atoms with E-state index >= 15 is 0 Å². The molecule has 3 aromatic rings. The van der Waals surface area contributed by atoms with Crippen LogP contribution in [0.3, 0.4) is 0 Å². The van der Waals surface area contributed by atoms with Crippen molar-refractivity contribution in [2.24, 2.45) is 0 Å². The number of ether oxygens (including phenoxy) is 2. The fourth-order valence-electron chi connectivity index (χ4n) is 2.27. The highest BCUT2D eigenvalue weighted by Gasteiger charge is 2.31. The van der Waals surface area contributed by atoms with Gasteiger partial charge in [0.15, 0.2) is 0 Å². The molecule has 0 atom stereocenters. The Morgan fingerprint density at radius 3 is 2.46 bits per heavy atom. The minimum Gasteiger partial charge on any atom is -0.465 e. The van der Waals surface area contributed by atoms with Gasteiger partial charge in [-0.3, -0.25) is 0 Å². The summed E-state index contributed by atoms with van der Waals surface area (Å²) in [6.45, 7) is 0. The Labute approximate surface area is 134 Å². The first-order valence-electron chi connectivity index (χ1n) is 6.80. The van der Waals surface area contributed by atoms with Crippen LogP contribution in [0.25, 0.3) is 16.6 Å². The minimum atomic E-state index is -4.73. The first-order valence-corrected chi connectivity index (χ1v) is 6.80. The van der Waals surface area contributed by atoms with Crippen LogP contribution in [0.5, 0.6) is 5.75 Å². The molecule has 0 unspecified atom stereocenters. The average molecular weight is 336 g/mol. The number of carbonyl (C=O) groups is 1. The number of aromatic nitrogens is 2. The summed E-state index contributed by atoms with van der Waals surface area (Å²) >= 11 is 0. The van der Waals surface area contributed by atoms with E-state index < -0.39 is 12.3 Å². The normalized spacial score (nSPS) is 11.5. The predicted molar refractivity (Wildman–Crippen MR) is 79.1 cm³/mol. The number of fused-ring (bicyclic) bond motifs is 1.